The van der Waals surface area contributed by atoms with Crippen LogP contribution in [0.4, 0.5) is 22.7 Å². The molecule has 14 N–H and O–H groups in total. The second-order valence-electron chi connectivity index (χ2n) is 19.4. The lowest BCUT2D eigenvalue weighted by Crippen LogP contribution is -2.37. The molecular weight excluding hydrogens is 917 g/mol. The summed E-state index contributed by atoms with van der Waals surface area (Å²) in [6.45, 7) is 13.0. The Morgan fingerprint density at radius 3 is 1.27 bits per heavy atom. The molecule has 4 amide bonds. The first kappa shape index (κ1) is 51.5. The van der Waals surface area contributed by atoms with Gasteiger partial charge in [0, 0.05) is 69.9 Å². The Morgan fingerprint density at radius 2 is 0.900 bits per heavy atom. The predicted octanol–water partition coefficient (Wildman–Crippen LogP) is 8.87. The van der Waals surface area contributed by atoms with E-state index in [1.807, 2.05) is 127 Å². The maximum Gasteiger partial charge on any atom is 0.255 e. The molecule has 2 heterocycles. The van der Waals surface area contributed by atoms with Gasteiger partial charge in [-0.05, 0) is 101 Å². The molecule has 2 atom stereocenters. The fourth-order valence-corrected chi connectivity index (χ4v) is 9.74. The zero-order valence-corrected chi connectivity index (χ0v) is 42.2. The van der Waals surface area contributed by atoms with Crippen LogP contribution in [0.3, 0.4) is 0 Å². The van der Waals surface area contributed by atoms with E-state index in [4.69, 9.17) is 22.9 Å². The summed E-state index contributed by atoms with van der Waals surface area (Å²) in [6, 6.07) is 28.1. The molecule has 0 aliphatic rings. The van der Waals surface area contributed by atoms with E-state index in [-0.39, 0.29) is 33.8 Å². The molecule has 0 aliphatic heterocycles. The SMILES string of the molecule is CC(C)(C)c1cc(NC(=O)c2cccc(C(=O)Nc3cc(C(C)(C)C)cc(NC(=O)[C@H](N)Cc4c[nH]c5ccccc45)c3SCCN)c2)c(SCCN)c(NC(=O)[C@H](N)Cc2c[nH]c3ccccc23)c1. The number of aromatic nitrogens is 2. The third kappa shape index (κ3) is 12.3. The highest BCUT2D eigenvalue weighted by molar-refractivity contribution is 7.99. The number of H-pyrrole nitrogens is 2. The molecule has 7 rings (SSSR count). The number of rotatable bonds is 18. The molecule has 7 aromatic rings. The van der Waals surface area contributed by atoms with Crippen LogP contribution in [-0.4, -0.2) is 70.3 Å². The van der Waals surface area contributed by atoms with Crippen molar-refractivity contribution in [1.29, 1.82) is 0 Å². The number of thioether (sulfide) groups is 2. The molecular formula is C54H64N10O4S2. The van der Waals surface area contributed by atoms with Crippen molar-refractivity contribution >= 4 is 91.7 Å². The van der Waals surface area contributed by atoms with E-state index in [2.05, 4.69) is 31.2 Å². The van der Waals surface area contributed by atoms with Crippen molar-refractivity contribution in [2.24, 2.45) is 22.9 Å². The molecule has 0 saturated heterocycles. The lowest BCUT2D eigenvalue weighted by molar-refractivity contribution is -0.118. The van der Waals surface area contributed by atoms with Gasteiger partial charge in [-0.2, -0.15) is 0 Å². The zero-order chi connectivity index (χ0) is 50.3. The molecule has 0 spiro atoms. The summed E-state index contributed by atoms with van der Waals surface area (Å²) in [5.74, 6) is -0.678. The Bertz CT molecular complexity index is 2840. The number of aromatic amines is 2. The summed E-state index contributed by atoms with van der Waals surface area (Å²) in [6.07, 6.45) is 4.37. The molecule has 16 heteroatoms. The number of para-hydroxylation sites is 2. The van der Waals surface area contributed by atoms with Gasteiger partial charge in [0.15, 0.2) is 0 Å². The molecule has 0 saturated carbocycles. The van der Waals surface area contributed by atoms with Crippen LogP contribution in [0, 0.1) is 0 Å². The highest BCUT2D eigenvalue weighted by Gasteiger charge is 2.27. The summed E-state index contributed by atoms with van der Waals surface area (Å²) in [7, 11) is 0. The fraction of sp³-hybridized carbons (Fsp3) is 0.296. The minimum absolute atomic E-state index is 0.230. The van der Waals surface area contributed by atoms with Crippen molar-refractivity contribution in [1.82, 2.24) is 9.97 Å². The minimum Gasteiger partial charge on any atom is -0.361 e. The standard InChI is InChI=1S/C54H64N10O4S2/c1-53(2,3)35-25-43(47(69-20-18-55)45(27-35)63-51(67)39(57)23-33-29-59-41-16-9-7-14-37(33)41)61-49(65)31-12-11-13-32(22-31)50(66)62-44-26-36(54(4,5)6)28-46(48(44)70-21-19-56)64-52(68)40(58)24-34-30-60-42-17-10-8-15-38(34)42/h7-17,22,25-30,39-40,59-60H,18-21,23-24,55-58H2,1-6H3,(H,61,65)(H,62,66)(H,63,67)(H,64,68)/t39-,40-/m1/s1. The van der Waals surface area contributed by atoms with Crippen LogP contribution < -0.4 is 44.2 Å². The number of carbonyl (C=O) groups is 4. The van der Waals surface area contributed by atoms with E-state index in [0.717, 1.165) is 44.1 Å². The van der Waals surface area contributed by atoms with Crippen molar-refractivity contribution in [3.63, 3.8) is 0 Å². The Kier molecular flexibility index (Phi) is 16.3. The molecule has 366 valence electrons. The minimum atomic E-state index is -0.867. The highest BCUT2D eigenvalue weighted by Crippen LogP contribution is 2.41. The Hall–Kier alpha value is -6.40. The van der Waals surface area contributed by atoms with Gasteiger partial charge in [0.2, 0.25) is 11.8 Å². The van der Waals surface area contributed by atoms with Crippen molar-refractivity contribution < 1.29 is 19.2 Å². The van der Waals surface area contributed by atoms with Gasteiger partial charge >= 0.3 is 0 Å². The van der Waals surface area contributed by atoms with E-state index in [9.17, 15) is 19.2 Å². The summed E-state index contributed by atoms with van der Waals surface area (Å²) in [5, 5.41) is 14.3. The fourth-order valence-electron chi connectivity index (χ4n) is 8.03. The first-order valence-corrected chi connectivity index (χ1v) is 25.3. The molecule has 2 aromatic heterocycles. The Labute approximate surface area is 417 Å². The molecule has 0 unspecified atom stereocenters. The predicted molar refractivity (Wildman–Crippen MR) is 289 cm³/mol. The van der Waals surface area contributed by atoms with Crippen molar-refractivity contribution in [2.75, 3.05) is 45.9 Å². The zero-order valence-electron chi connectivity index (χ0n) is 40.5. The van der Waals surface area contributed by atoms with Crippen LogP contribution in [-0.2, 0) is 33.3 Å². The van der Waals surface area contributed by atoms with Crippen LogP contribution in [0.25, 0.3) is 21.8 Å². The smallest absolute Gasteiger partial charge is 0.255 e. The van der Waals surface area contributed by atoms with Crippen molar-refractivity contribution in [2.45, 2.75) is 87.1 Å². The van der Waals surface area contributed by atoms with Gasteiger partial charge in [0.05, 0.1) is 44.6 Å². The lowest BCUT2D eigenvalue weighted by atomic mass is 9.86. The summed E-state index contributed by atoms with van der Waals surface area (Å²) < 4.78 is 0. The molecule has 0 fully saturated rings. The van der Waals surface area contributed by atoms with Gasteiger partial charge in [0.25, 0.3) is 11.8 Å². The van der Waals surface area contributed by atoms with Crippen molar-refractivity contribution in [3.05, 3.63) is 143 Å². The monoisotopic (exact) mass is 980 g/mol. The number of anilines is 4. The summed E-state index contributed by atoms with van der Waals surface area (Å²) in [5.41, 5.74) is 32.2. The van der Waals surface area contributed by atoms with Crippen molar-refractivity contribution in [3.8, 4) is 0 Å². The average molecular weight is 981 g/mol. The van der Waals surface area contributed by atoms with E-state index in [1.54, 1.807) is 18.2 Å². The van der Waals surface area contributed by atoms with Gasteiger partial charge in [-0.3, -0.25) is 19.2 Å². The van der Waals surface area contributed by atoms with Crippen LogP contribution >= 0.6 is 23.5 Å². The number of carbonyl (C=O) groups excluding carboxylic acids is 4. The first-order chi connectivity index (χ1) is 33.3. The molecule has 0 radical (unpaired) electrons. The van der Waals surface area contributed by atoms with Gasteiger partial charge in [-0.15, -0.1) is 23.5 Å². The summed E-state index contributed by atoms with van der Waals surface area (Å²) in [4.78, 5) is 64.0. The molecule has 5 aromatic carbocycles. The maximum atomic E-state index is 14.3. The number of amides is 4. The largest absolute Gasteiger partial charge is 0.361 e. The topological polar surface area (TPSA) is 252 Å². The number of hydrogen-bond donors (Lipinski definition) is 10. The number of nitrogens with two attached hydrogens (primary N) is 4. The second-order valence-corrected chi connectivity index (χ2v) is 21.6. The van der Waals surface area contributed by atoms with Gasteiger partial charge in [-0.1, -0.05) is 84.0 Å². The van der Waals surface area contributed by atoms with Crippen LogP contribution in [0.15, 0.2) is 119 Å². The van der Waals surface area contributed by atoms with Gasteiger partial charge in [0.1, 0.15) is 0 Å². The van der Waals surface area contributed by atoms with E-state index >= 15 is 0 Å². The molecule has 0 bridgehead atoms. The first-order valence-electron chi connectivity index (χ1n) is 23.3. The van der Waals surface area contributed by atoms with Crippen LogP contribution in [0.5, 0.6) is 0 Å². The van der Waals surface area contributed by atoms with Crippen LogP contribution in [0.1, 0.15) is 84.5 Å². The van der Waals surface area contributed by atoms with E-state index < -0.39 is 23.9 Å². The van der Waals surface area contributed by atoms with Gasteiger partial charge in [-0.25, -0.2) is 0 Å². The third-order valence-electron chi connectivity index (χ3n) is 11.9. The number of nitrogens with one attached hydrogen (secondary N) is 6. The normalized spacial score (nSPS) is 12.7. The Balaban J connectivity index is 1.14. The number of benzene rings is 5. The van der Waals surface area contributed by atoms with Crippen LogP contribution in [0.2, 0.25) is 0 Å². The molecule has 14 nitrogen and oxygen atoms in total. The maximum absolute atomic E-state index is 14.3. The van der Waals surface area contributed by atoms with Gasteiger partial charge < -0.3 is 54.2 Å². The highest BCUT2D eigenvalue weighted by atomic mass is 32.2. The quantitative estimate of drug-likeness (QED) is 0.0366. The number of hydrogen-bond acceptors (Lipinski definition) is 10. The summed E-state index contributed by atoms with van der Waals surface area (Å²) >= 11 is 2.82. The lowest BCUT2D eigenvalue weighted by Gasteiger charge is -2.25. The third-order valence-corrected chi connectivity index (χ3v) is 14.3. The molecule has 70 heavy (non-hydrogen) atoms. The Morgan fingerprint density at radius 1 is 0.529 bits per heavy atom. The van der Waals surface area contributed by atoms with E-state index in [1.165, 1.54) is 29.6 Å². The van der Waals surface area contributed by atoms with E-state index in [0.29, 0.717) is 70.0 Å². The second kappa shape index (κ2) is 22.1. The average Bonchev–Trinajstić information content (AvgIpc) is 3.93. The molecule has 0 aliphatic carbocycles. The number of fused-ring (bicyclic) bond motifs is 2.